The Bertz CT molecular complexity index is 101. The van der Waals surface area contributed by atoms with E-state index < -0.39 is 5.60 Å². The number of aliphatic hydroxyl groups is 1. The highest BCUT2D eigenvalue weighted by Gasteiger charge is 2.29. The molecule has 1 heterocycles. The summed E-state index contributed by atoms with van der Waals surface area (Å²) < 4.78 is 0. The smallest absolute Gasteiger partial charge is 0.0758 e. The number of hydrogen-bond acceptors (Lipinski definition) is 2. The zero-order valence-electron chi connectivity index (χ0n) is 6.22. The topological polar surface area (TPSA) is 23.5 Å². The lowest BCUT2D eigenvalue weighted by atomic mass is 10.1. The van der Waals surface area contributed by atoms with Gasteiger partial charge in [-0.05, 0) is 19.9 Å². The second kappa shape index (κ2) is 2.27. The lowest BCUT2D eigenvalue weighted by Gasteiger charge is -2.16. The van der Waals surface area contributed by atoms with Crippen molar-refractivity contribution >= 4 is 0 Å². The van der Waals surface area contributed by atoms with Crippen molar-refractivity contribution < 1.29 is 5.11 Å². The van der Waals surface area contributed by atoms with Crippen LogP contribution >= 0.6 is 0 Å². The summed E-state index contributed by atoms with van der Waals surface area (Å²) in [6.45, 7) is 7.01. The van der Waals surface area contributed by atoms with Gasteiger partial charge in [0.25, 0.3) is 0 Å². The fraction of sp³-hybridized carbons (Fsp3) is 1.00. The minimum absolute atomic E-state index is 0.407. The van der Waals surface area contributed by atoms with Gasteiger partial charge in [0.15, 0.2) is 0 Å². The third kappa shape index (κ3) is 1.66. The molecule has 0 spiro atoms. The first-order valence-electron chi connectivity index (χ1n) is 3.59. The van der Waals surface area contributed by atoms with Crippen LogP contribution in [-0.4, -0.2) is 35.2 Å². The van der Waals surface area contributed by atoms with Crippen LogP contribution in [0, 0.1) is 0 Å². The van der Waals surface area contributed by atoms with Gasteiger partial charge in [0, 0.05) is 13.1 Å². The van der Waals surface area contributed by atoms with E-state index >= 15 is 0 Å². The average Bonchev–Trinajstić information content (AvgIpc) is 2.10. The van der Waals surface area contributed by atoms with Gasteiger partial charge in [-0.2, -0.15) is 0 Å². The molecule has 54 valence electrons. The number of likely N-dealkylation sites (tertiary alicyclic amines) is 1. The fourth-order valence-electron chi connectivity index (χ4n) is 1.31. The van der Waals surface area contributed by atoms with Gasteiger partial charge in [-0.1, -0.05) is 6.92 Å². The van der Waals surface area contributed by atoms with Crippen molar-refractivity contribution in [2.45, 2.75) is 25.9 Å². The Hall–Kier alpha value is -0.0800. The van der Waals surface area contributed by atoms with Crippen LogP contribution in [-0.2, 0) is 0 Å². The van der Waals surface area contributed by atoms with Gasteiger partial charge in [-0.15, -0.1) is 0 Å². The van der Waals surface area contributed by atoms with Crippen LogP contribution in [0.25, 0.3) is 0 Å². The monoisotopic (exact) mass is 129 g/mol. The van der Waals surface area contributed by atoms with Crippen molar-refractivity contribution in [1.82, 2.24) is 4.90 Å². The molecule has 0 aromatic carbocycles. The van der Waals surface area contributed by atoms with Crippen molar-refractivity contribution in [2.75, 3.05) is 19.6 Å². The third-order valence-electron chi connectivity index (χ3n) is 1.98. The van der Waals surface area contributed by atoms with Crippen LogP contribution in [0.15, 0.2) is 0 Å². The molecule has 1 N–H and O–H groups in total. The van der Waals surface area contributed by atoms with Crippen LogP contribution in [0.5, 0.6) is 0 Å². The Balaban J connectivity index is 2.38. The molecular weight excluding hydrogens is 114 g/mol. The molecule has 0 aromatic heterocycles. The molecule has 0 bridgehead atoms. The van der Waals surface area contributed by atoms with E-state index in [0.717, 1.165) is 26.1 Å². The summed E-state index contributed by atoms with van der Waals surface area (Å²) in [4.78, 5) is 2.26. The molecule has 1 aliphatic heterocycles. The Labute approximate surface area is 56.5 Å². The second-order valence-electron chi connectivity index (χ2n) is 3.12. The summed E-state index contributed by atoms with van der Waals surface area (Å²) in [5, 5.41) is 9.45. The van der Waals surface area contributed by atoms with Gasteiger partial charge in [0.2, 0.25) is 0 Å². The molecule has 0 unspecified atom stereocenters. The van der Waals surface area contributed by atoms with Crippen molar-refractivity contribution in [3.05, 3.63) is 0 Å². The molecular formula is C7H15NO. The Morgan fingerprint density at radius 2 is 2.33 bits per heavy atom. The van der Waals surface area contributed by atoms with Crippen molar-refractivity contribution in [2.24, 2.45) is 0 Å². The molecule has 2 heteroatoms. The van der Waals surface area contributed by atoms with Gasteiger partial charge in [-0.25, -0.2) is 0 Å². The highest BCUT2D eigenvalue weighted by Crippen LogP contribution is 2.18. The molecule has 0 amide bonds. The molecule has 0 aromatic rings. The summed E-state index contributed by atoms with van der Waals surface area (Å²) in [5.74, 6) is 0. The maximum Gasteiger partial charge on any atom is 0.0758 e. The van der Waals surface area contributed by atoms with E-state index in [1.165, 1.54) is 0 Å². The minimum Gasteiger partial charge on any atom is -0.389 e. The lowest BCUT2D eigenvalue weighted by Crippen LogP contribution is -2.29. The summed E-state index contributed by atoms with van der Waals surface area (Å²) in [5.41, 5.74) is -0.407. The SMILES string of the molecule is CCN1CC[C@@](C)(O)C1. The second-order valence-corrected chi connectivity index (χ2v) is 3.12. The number of hydrogen-bond donors (Lipinski definition) is 1. The fourth-order valence-corrected chi connectivity index (χ4v) is 1.31. The molecule has 1 fully saturated rings. The number of nitrogens with zero attached hydrogens (tertiary/aromatic N) is 1. The van der Waals surface area contributed by atoms with Crippen LogP contribution in [0.4, 0.5) is 0 Å². The predicted molar refractivity (Wildman–Crippen MR) is 37.4 cm³/mol. The molecule has 1 rings (SSSR count). The van der Waals surface area contributed by atoms with Crippen LogP contribution < -0.4 is 0 Å². The zero-order valence-corrected chi connectivity index (χ0v) is 6.22. The molecule has 9 heavy (non-hydrogen) atoms. The maximum absolute atomic E-state index is 9.45. The van der Waals surface area contributed by atoms with E-state index in [-0.39, 0.29) is 0 Å². The average molecular weight is 129 g/mol. The van der Waals surface area contributed by atoms with E-state index in [1.54, 1.807) is 0 Å². The third-order valence-corrected chi connectivity index (χ3v) is 1.98. The molecule has 0 radical (unpaired) electrons. The van der Waals surface area contributed by atoms with E-state index in [2.05, 4.69) is 11.8 Å². The van der Waals surface area contributed by atoms with Crippen molar-refractivity contribution in [1.29, 1.82) is 0 Å². The first kappa shape index (κ1) is 7.03. The first-order chi connectivity index (χ1) is 4.14. The summed E-state index contributed by atoms with van der Waals surface area (Å²) >= 11 is 0. The van der Waals surface area contributed by atoms with Gasteiger partial charge in [0.05, 0.1) is 5.60 Å². The maximum atomic E-state index is 9.45. The van der Waals surface area contributed by atoms with Gasteiger partial charge >= 0.3 is 0 Å². The standard InChI is InChI=1S/C7H15NO/c1-3-8-5-4-7(2,9)6-8/h9H,3-6H2,1-2H3/t7-/m1/s1. The molecule has 1 aliphatic rings. The normalized spacial score (nSPS) is 37.7. The van der Waals surface area contributed by atoms with E-state index in [4.69, 9.17) is 0 Å². The van der Waals surface area contributed by atoms with Gasteiger partial charge in [-0.3, -0.25) is 0 Å². The Morgan fingerprint density at radius 3 is 2.56 bits per heavy atom. The van der Waals surface area contributed by atoms with Crippen LogP contribution in [0.2, 0.25) is 0 Å². The Morgan fingerprint density at radius 1 is 1.67 bits per heavy atom. The lowest BCUT2D eigenvalue weighted by molar-refractivity contribution is 0.0695. The summed E-state index contributed by atoms with van der Waals surface area (Å²) in [7, 11) is 0. The molecule has 1 atom stereocenters. The van der Waals surface area contributed by atoms with E-state index in [1.807, 2.05) is 6.92 Å². The number of likely N-dealkylation sites (N-methyl/N-ethyl adjacent to an activating group) is 1. The quantitative estimate of drug-likeness (QED) is 0.556. The van der Waals surface area contributed by atoms with E-state index in [9.17, 15) is 5.11 Å². The number of β-amino-alcohol motifs (C(OH)–C–C–N with tert-alkyl or cyclic N) is 1. The molecule has 0 aliphatic carbocycles. The highest BCUT2D eigenvalue weighted by molar-refractivity contribution is 4.84. The minimum atomic E-state index is -0.407. The van der Waals surface area contributed by atoms with Gasteiger partial charge < -0.3 is 10.0 Å². The first-order valence-corrected chi connectivity index (χ1v) is 3.59. The molecule has 0 saturated carbocycles. The van der Waals surface area contributed by atoms with Gasteiger partial charge in [0.1, 0.15) is 0 Å². The van der Waals surface area contributed by atoms with Crippen LogP contribution in [0.3, 0.4) is 0 Å². The van der Waals surface area contributed by atoms with Crippen molar-refractivity contribution in [3.8, 4) is 0 Å². The van der Waals surface area contributed by atoms with Crippen LogP contribution in [0.1, 0.15) is 20.3 Å². The summed E-state index contributed by atoms with van der Waals surface area (Å²) in [6, 6.07) is 0. The van der Waals surface area contributed by atoms with E-state index in [0.29, 0.717) is 0 Å². The summed E-state index contributed by atoms with van der Waals surface area (Å²) in [6.07, 6.45) is 0.931. The highest BCUT2D eigenvalue weighted by atomic mass is 16.3. The predicted octanol–water partition coefficient (Wildman–Crippen LogP) is 0.463. The molecule has 2 nitrogen and oxygen atoms in total. The number of rotatable bonds is 1. The zero-order chi connectivity index (χ0) is 6.91. The van der Waals surface area contributed by atoms with Crippen molar-refractivity contribution in [3.63, 3.8) is 0 Å². The Kier molecular flexibility index (Phi) is 1.78. The molecule has 1 saturated heterocycles. The largest absolute Gasteiger partial charge is 0.389 e.